The van der Waals surface area contributed by atoms with Crippen LogP contribution in [0.2, 0.25) is 0 Å². The van der Waals surface area contributed by atoms with Crippen LogP contribution in [-0.2, 0) is 14.8 Å². The molecule has 0 saturated carbocycles. The molecule has 36 heavy (non-hydrogen) atoms. The molecule has 2 saturated heterocycles. The van der Waals surface area contributed by atoms with Gasteiger partial charge in [0.2, 0.25) is 10.0 Å². The van der Waals surface area contributed by atoms with Gasteiger partial charge >= 0.3 is 6.03 Å². The van der Waals surface area contributed by atoms with Crippen molar-refractivity contribution in [3.05, 3.63) is 59.3 Å². The molecule has 3 amide bonds. The number of phenols is 1. The Labute approximate surface area is 209 Å². The molecule has 6 N–H and O–H groups in total. The maximum atomic E-state index is 11.7. The highest BCUT2D eigenvalue weighted by Gasteiger charge is 2.23. The maximum absolute atomic E-state index is 11.7. The lowest BCUT2D eigenvalue weighted by atomic mass is 10.0. The Balaban J connectivity index is 1.27. The van der Waals surface area contributed by atoms with Crippen molar-refractivity contribution in [2.75, 3.05) is 35.5 Å². The minimum Gasteiger partial charge on any atom is -0.506 e. The molecule has 11 nitrogen and oxygen atoms in total. The van der Waals surface area contributed by atoms with Crippen LogP contribution in [0.5, 0.6) is 5.75 Å². The van der Waals surface area contributed by atoms with Crippen LogP contribution >= 0.6 is 0 Å². The Morgan fingerprint density at radius 2 is 1.81 bits per heavy atom. The van der Waals surface area contributed by atoms with Gasteiger partial charge in [0.15, 0.2) is 0 Å². The summed E-state index contributed by atoms with van der Waals surface area (Å²) in [6.45, 7) is 1.95. The summed E-state index contributed by atoms with van der Waals surface area (Å²) in [5, 5.41) is 28.5. The monoisotopic (exact) mass is 515 g/mol. The van der Waals surface area contributed by atoms with Crippen LogP contribution in [0.4, 0.5) is 16.2 Å². The van der Waals surface area contributed by atoms with Gasteiger partial charge in [0.05, 0.1) is 18.0 Å². The number of aliphatic hydroxyl groups excluding tert-OH is 1. The molecule has 2 fully saturated rings. The fourth-order valence-electron chi connectivity index (χ4n) is 4.21. The first-order chi connectivity index (χ1) is 17.1. The number of nitrogens with zero attached hydrogens (tertiary/aromatic N) is 1. The van der Waals surface area contributed by atoms with Gasteiger partial charge in [-0.25, -0.2) is 13.2 Å². The molecular formula is C24H29N5O6S. The number of amides is 3. The highest BCUT2D eigenvalue weighted by Crippen LogP contribution is 2.28. The average molecular weight is 516 g/mol. The third kappa shape index (κ3) is 6.53. The fraction of sp³-hybridized carbons (Fsp3) is 0.333. The van der Waals surface area contributed by atoms with Gasteiger partial charge in [-0.2, -0.15) is 0 Å². The summed E-state index contributed by atoms with van der Waals surface area (Å²) in [6, 6.07) is 11.8. The maximum Gasteiger partial charge on any atom is 0.326 e. The minimum atomic E-state index is -3.56. The number of phenolic OH excluding ortho intramolecular Hbond substituents is 1. The number of carbonyl (C=O) groups excluding carboxylic acids is 2. The highest BCUT2D eigenvalue weighted by molar-refractivity contribution is 7.92. The van der Waals surface area contributed by atoms with Gasteiger partial charge in [0.25, 0.3) is 5.91 Å². The lowest BCUT2D eigenvalue weighted by molar-refractivity contribution is -0.115. The summed E-state index contributed by atoms with van der Waals surface area (Å²) in [4.78, 5) is 25.2. The number of hydrogen-bond acceptors (Lipinski definition) is 8. The molecule has 2 aromatic rings. The van der Waals surface area contributed by atoms with Crippen molar-refractivity contribution in [1.82, 2.24) is 16.0 Å². The van der Waals surface area contributed by atoms with Crippen LogP contribution < -0.4 is 25.6 Å². The third-order valence-electron chi connectivity index (χ3n) is 6.08. The zero-order chi connectivity index (χ0) is 25.9. The van der Waals surface area contributed by atoms with E-state index in [0.717, 1.165) is 43.4 Å². The van der Waals surface area contributed by atoms with Gasteiger partial charge in [0.1, 0.15) is 11.4 Å². The number of anilines is 2. The average Bonchev–Trinajstić information content (AvgIpc) is 3.15. The van der Waals surface area contributed by atoms with Crippen molar-refractivity contribution in [2.24, 2.45) is 0 Å². The van der Waals surface area contributed by atoms with E-state index in [4.69, 9.17) is 0 Å². The van der Waals surface area contributed by atoms with E-state index in [0.29, 0.717) is 12.1 Å². The first-order valence-corrected chi connectivity index (χ1v) is 13.4. The summed E-state index contributed by atoms with van der Waals surface area (Å²) in [5.41, 5.74) is 2.61. The normalized spacial score (nSPS) is 18.7. The molecule has 2 aliphatic rings. The molecule has 0 radical (unpaired) electrons. The number of aliphatic hydroxyl groups is 1. The quantitative estimate of drug-likeness (QED) is 0.174. The molecule has 2 heterocycles. The van der Waals surface area contributed by atoms with Crippen molar-refractivity contribution in [1.29, 1.82) is 0 Å². The van der Waals surface area contributed by atoms with Crippen molar-refractivity contribution in [2.45, 2.75) is 25.0 Å². The van der Waals surface area contributed by atoms with E-state index >= 15 is 0 Å². The topological polar surface area (TPSA) is 160 Å². The molecule has 4 rings (SSSR count). The smallest absolute Gasteiger partial charge is 0.326 e. The van der Waals surface area contributed by atoms with Crippen LogP contribution in [0.15, 0.2) is 48.2 Å². The molecule has 2 aliphatic heterocycles. The molecule has 0 aliphatic carbocycles. The number of carbonyl (C=O) groups is 2. The van der Waals surface area contributed by atoms with E-state index in [1.807, 2.05) is 24.3 Å². The molecular weight excluding hydrogens is 486 g/mol. The number of piperidine rings is 1. The summed E-state index contributed by atoms with van der Waals surface area (Å²) in [5.74, 6) is -0.655. The Bertz CT molecular complexity index is 1270. The predicted molar refractivity (Wildman–Crippen MR) is 136 cm³/mol. The Morgan fingerprint density at radius 3 is 2.42 bits per heavy atom. The molecule has 192 valence electrons. The van der Waals surface area contributed by atoms with Crippen molar-refractivity contribution < 1.29 is 28.2 Å². The predicted octanol–water partition coefficient (Wildman–Crippen LogP) is 1.24. The van der Waals surface area contributed by atoms with Gasteiger partial charge < -0.3 is 25.7 Å². The highest BCUT2D eigenvalue weighted by atomic mass is 32.2. The number of urea groups is 1. The Kier molecular flexibility index (Phi) is 7.48. The van der Waals surface area contributed by atoms with Crippen LogP contribution in [-0.4, -0.2) is 62.5 Å². The van der Waals surface area contributed by atoms with Crippen LogP contribution in [0.25, 0.3) is 6.08 Å². The molecule has 1 unspecified atom stereocenters. The zero-order valence-corrected chi connectivity index (χ0v) is 20.5. The standard InChI is InChI=1S/C24H29N5O6S/c1-36(34,35)28-19-13-16(4-7-21(19)30)22(31)14-25-17-8-10-29(11-9-17)18-5-2-15(3-6-18)12-20-23(32)27-24(33)26-20/h2-7,12-13,17,22,25,28,30-31H,8-11,14H2,1H3,(H2,26,27,32,33)/b20-12-. The summed E-state index contributed by atoms with van der Waals surface area (Å²) >= 11 is 0. The largest absolute Gasteiger partial charge is 0.506 e. The number of benzene rings is 2. The number of hydrogen-bond donors (Lipinski definition) is 6. The van der Waals surface area contributed by atoms with Gasteiger partial charge in [-0.15, -0.1) is 0 Å². The van der Waals surface area contributed by atoms with E-state index in [9.17, 15) is 28.2 Å². The van der Waals surface area contributed by atoms with E-state index in [1.165, 1.54) is 12.1 Å². The molecule has 0 bridgehead atoms. The summed E-state index contributed by atoms with van der Waals surface area (Å²) < 4.78 is 25.2. The number of rotatable bonds is 8. The van der Waals surface area contributed by atoms with Crippen molar-refractivity contribution in [3.63, 3.8) is 0 Å². The third-order valence-corrected chi connectivity index (χ3v) is 6.68. The zero-order valence-electron chi connectivity index (χ0n) is 19.7. The summed E-state index contributed by atoms with van der Waals surface area (Å²) in [7, 11) is -3.56. The molecule has 0 spiro atoms. The first kappa shape index (κ1) is 25.5. The number of imide groups is 1. The fourth-order valence-corrected chi connectivity index (χ4v) is 4.77. The second-order valence-corrected chi connectivity index (χ2v) is 10.6. The van der Waals surface area contributed by atoms with E-state index in [1.54, 1.807) is 12.1 Å². The van der Waals surface area contributed by atoms with Crippen LogP contribution in [0, 0.1) is 0 Å². The van der Waals surface area contributed by atoms with Gasteiger partial charge in [-0.3, -0.25) is 14.8 Å². The van der Waals surface area contributed by atoms with Gasteiger partial charge in [-0.05, 0) is 54.3 Å². The first-order valence-electron chi connectivity index (χ1n) is 11.5. The lowest BCUT2D eigenvalue weighted by Gasteiger charge is -2.34. The van der Waals surface area contributed by atoms with Gasteiger partial charge in [0, 0.05) is 31.4 Å². The molecule has 0 aromatic heterocycles. The Morgan fingerprint density at radius 1 is 1.11 bits per heavy atom. The number of aromatic hydroxyl groups is 1. The number of sulfonamides is 1. The Hall–Kier alpha value is -3.61. The number of nitrogens with one attached hydrogen (secondary N) is 4. The van der Waals surface area contributed by atoms with E-state index < -0.39 is 28.1 Å². The second-order valence-electron chi connectivity index (χ2n) is 8.89. The molecule has 12 heteroatoms. The molecule has 2 aromatic carbocycles. The van der Waals surface area contributed by atoms with Crippen LogP contribution in [0.3, 0.4) is 0 Å². The summed E-state index contributed by atoms with van der Waals surface area (Å²) in [6.07, 6.45) is 3.51. The molecule has 1 atom stereocenters. The second kappa shape index (κ2) is 10.6. The lowest BCUT2D eigenvalue weighted by Crippen LogP contribution is -2.43. The van der Waals surface area contributed by atoms with E-state index in [2.05, 4.69) is 25.6 Å². The SMILES string of the molecule is CS(=O)(=O)Nc1cc(C(O)CNC2CCN(c3ccc(/C=C4\NC(=O)NC4=O)cc3)CC2)ccc1O. The van der Waals surface area contributed by atoms with Crippen molar-refractivity contribution in [3.8, 4) is 5.75 Å². The van der Waals surface area contributed by atoms with E-state index in [-0.39, 0.29) is 23.2 Å². The van der Waals surface area contributed by atoms with Crippen LogP contribution in [0.1, 0.15) is 30.1 Å². The van der Waals surface area contributed by atoms with Crippen molar-refractivity contribution >= 4 is 39.4 Å². The van der Waals surface area contributed by atoms with Gasteiger partial charge in [-0.1, -0.05) is 18.2 Å². The minimum absolute atomic E-state index is 0.0285.